The second-order valence-electron chi connectivity index (χ2n) is 4.02. The normalized spacial score (nSPS) is 12.3. The molecule has 1 atom stereocenters. The average Bonchev–Trinajstić information content (AvgIpc) is 2.71. The van der Waals surface area contributed by atoms with Gasteiger partial charge in [0.25, 0.3) is 0 Å². The van der Waals surface area contributed by atoms with Crippen LogP contribution in [-0.2, 0) is 11.2 Å². The lowest BCUT2D eigenvalue weighted by atomic mass is 10.2. The molecule has 6 nitrogen and oxygen atoms in total. The minimum Gasteiger partial charge on any atom is -0.480 e. The summed E-state index contributed by atoms with van der Waals surface area (Å²) in [4.78, 5) is 22.3. The summed E-state index contributed by atoms with van der Waals surface area (Å²) in [6, 6.07) is 4.60. The van der Waals surface area contributed by atoms with E-state index < -0.39 is 12.0 Å². The van der Waals surface area contributed by atoms with Gasteiger partial charge in [0.2, 0.25) is 0 Å². The minimum absolute atomic E-state index is 0.170. The molecule has 2 heterocycles. The molecule has 94 valence electrons. The number of imidazole rings is 1. The molecule has 0 radical (unpaired) electrons. The maximum Gasteiger partial charge on any atom is 0.320 e. The van der Waals surface area contributed by atoms with E-state index in [4.69, 9.17) is 10.8 Å². The van der Waals surface area contributed by atoms with Gasteiger partial charge in [-0.15, -0.1) is 0 Å². The van der Waals surface area contributed by atoms with E-state index in [1.165, 1.54) is 0 Å². The van der Waals surface area contributed by atoms with Gasteiger partial charge in [0.15, 0.2) is 0 Å². The highest BCUT2D eigenvalue weighted by Gasteiger charge is 2.16. The Labute approximate surface area is 104 Å². The lowest BCUT2D eigenvalue weighted by Gasteiger charge is -2.02. The van der Waals surface area contributed by atoms with Crippen molar-refractivity contribution in [1.29, 1.82) is 0 Å². The van der Waals surface area contributed by atoms with E-state index in [0.29, 0.717) is 5.82 Å². The van der Waals surface area contributed by atoms with Crippen LogP contribution in [0.15, 0.2) is 24.4 Å². The summed E-state index contributed by atoms with van der Waals surface area (Å²) in [6.07, 6.45) is 1.86. The summed E-state index contributed by atoms with van der Waals surface area (Å²) in [5.41, 5.74) is 7.80. The molecule has 6 heteroatoms. The first-order valence-electron chi connectivity index (χ1n) is 5.53. The van der Waals surface area contributed by atoms with Gasteiger partial charge in [-0.2, -0.15) is 0 Å². The lowest BCUT2D eigenvalue weighted by Crippen LogP contribution is -2.32. The van der Waals surface area contributed by atoms with Gasteiger partial charge in [-0.25, -0.2) is 4.98 Å². The fraction of sp³-hybridized carbons (Fsp3) is 0.250. The number of aromatic nitrogens is 3. The van der Waals surface area contributed by atoms with Crippen LogP contribution in [0.4, 0.5) is 0 Å². The number of pyridine rings is 1. The summed E-state index contributed by atoms with van der Waals surface area (Å²) in [5, 5.41) is 8.76. The zero-order valence-electron chi connectivity index (χ0n) is 9.92. The van der Waals surface area contributed by atoms with Gasteiger partial charge >= 0.3 is 5.97 Å². The predicted molar refractivity (Wildman–Crippen MR) is 65.9 cm³/mol. The van der Waals surface area contributed by atoms with Crippen LogP contribution in [0, 0.1) is 6.92 Å². The second kappa shape index (κ2) is 4.97. The second-order valence-corrected chi connectivity index (χ2v) is 4.02. The van der Waals surface area contributed by atoms with Gasteiger partial charge in [0.1, 0.15) is 17.6 Å². The van der Waals surface area contributed by atoms with Crippen molar-refractivity contribution in [2.75, 3.05) is 0 Å². The van der Waals surface area contributed by atoms with Crippen LogP contribution in [-0.4, -0.2) is 32.1 Å². The molecule has 18 heavy (non-hydrogen) atoms. The number of aromatic amines is 1. The first-order chi connectivity index (χ1) is 8.58. The summed E-state index contributed by atoms with van der Waals surface area (Å²) < 4.78 is 0. The molecular formula is C12H14N4O2. The number of H-pyrrole nitrogens is 1. The van der Waals surface area contributed by atoms with E-state index in [1.807, 2.05) is 25.1 Å². The van der Waals surface area contributed by atoms with Crippen molar-refractivity contribution in [2.45, 2.75) is 19.4 Å². The molecule has 0 saturated carbocycles. The molecule has 0 fully saturated rings. The van der Waals surface area contributed by atoms with E-state index in [2.05, 4.69) is 15.0 Å². The number of nitrogens with one attached hydrogen (secondary N) is 1. The average molecular weight is 246 g/mol. The van der Waals surface area contributed by atoms with Crippen LogP contribution in [0.3, 0.4) is 0 Å². The Morgan fingerprint density at radius 1 is 1.56 bits per heavy atom. The Hall–Kier alpha value is -2.21. The molecule has 0 saturated heterocycles. The predicted octanol–water partition coefficient (Wildman–Crippen LogP) is 0.735. The summed E-state index contributed by atoms with van der Waals surface area (Å²) in [7, 11) is 0. The van der Waals surface area contributed by atoms with Crippen molar-refractivity contribution in [3.63, 3.8) is 0 Å². The van der Waals surface area contributed by atoms with Crippen molar-refractivity contribution in [3.05, 3.63) is 35.9 Å². The zero-order valence-corrected chi connectivity index (χ0v) is 9.92. The third-order valence-electron chi connectivity index (χ3n) is 2.57. The monoisotopic (exact) mass is 246 g/mol. The molecule has 2 rings (SSSR count). The molecule has 0 aliphatic rings. The number of carbonyl (C=O) groups is 1. The van der Waals surface area contributed by atoms with Gasteiger partial charge in [-0.1, -0.05) is 6.07 Å². The number of rotatable bonds is 4. The van der Waals surface area contributed by atoms with Crippen molar-refractivity contribution < 1.29 is 9.90 Å². The quantitative estimate of drug-likeness (QED) is 0.737. The van der Waals surface area contributed by atoms with E-state index in [-0.39, 0.29) is 6.42 Å². The smallest absolute Gasteiger partial charge is 0.320 e. The fourth-order valence-corrected chi connectivity index (χ4v) is 1.67. The Bertz CT molecular complexity index is 550. The van der Waals surface area contributed by atoms with E-state index in [9.17, 15) is 4.79 Å². The molecule has 0 aromatic carbocycles. The van der Waals surface area contributed by atoms with Gasteiger partial charge in [-0.3, -0.25) is 9.78 Å². The Morgan fingerprint density at radius 3 is 2.94 bits per heavy atom. The standard InChI is InChI=1S/C12H14N4O2/c1-7-11(9-4-2-3-5-14-9)16-10(15-7)6-8(13)12(17)18/h2-5,8H,6,13H2,1H3,(H,15,16)(H,17,18). The number of nitrogens with zero attached hydrogens (tertiary/aromatic N) is 2. The van der Waals surface area contributed by atoms with Crippen molar-refractivity contribution in [3.8, 4) is 11.4 Å². The van der Waals surface area contributed by atoms with E-state index in [1.54, 1.807) is 6.20 Å². The van der Waals surface area contributed by atoms with Gasteiger partial charge in [0.05, 0.1) is 5.69 Å². The van der Waals surface area contributed by atoms with Crippen molar-refractivity contribution in [2.24, 2.45) is 5.73 Å². The molecule has 2 aromatic heterocycles. The Balaban J connectivity index is 2.25. The molecule has 2 aromatic rings. The third kappa shape index (κ3) is 2.54. The number of aryl methyl sites for hydroxylation is 1. The van der Waals surface area contributed by atoms with E-state index in [0.717, 1.165) is 17.1 Å². The highest BCUT2D eigenvalue weighted by Crippen LogP contribution is 2.18. The van der Waals surface area contributed by atoms with Crippen LogP contribution in [0.1, 0.15) is 11.5 Å². The number of hydrogen-bond donors (Lipinski definition) is 3. The van der Waals surface area contributed by atoms with Crippen molar-refractivity contribution >= 4 is 5.97 Å². The number of aliphatic carboxylic acids is 1. The molecule has 0 spiro atoms. The molecule has 0 amide bonds. The molecule has 0 aliphatic heterocycles. The van der Waals surface area contributed by atoms with Crippen LogP contribution in [0.25, 0.3) is 11.4 Å². The van der Waals surface area contributed by atoms with Gasteiger partial charge in [-0.05, 0) is 19.1 Å². The zero-order chi connectivity index (χ0) is 13.1. The third-order valence-corrected chi connectivity index (χ3v) is 2.57. The van der Waals surface area contributed by atoms with Crippen LogP contribution >= 0.6 is 0 Å². The molecular weight excluding hydrogens is 232 g/mol. The Kier molecular flexibility index (Phi) is 3.38. The SMILES string of the molecule is Cc1[nH]c(CC(N)C(=O)O)nc1-c1ccccn1. The van der Waals surface area contributed by atoms with Crippen LogP contribution in [0.5, 0.6) is 0 Å². The maximum absolute atomic E-state index is 10.7. The lowest BCUT2D eigenvalue weighted by molar-refractivity contribution is -0.138. The highest BCUT2D eigenvalue weighted by atomic mass is 16.4. The number of nitrogens with two attached hydrogens (primary N) is 1. The molecule has 0 aliphatic carbocycles. The summed E-state index contributed by atoms with van der Waals surface area (Å²) in [5.74, 6) is -0.480. The highest BCUT2D eigenvalue weighted by molar-refractivity contribution is 5.73. The first kappa shape index (κ1) is 12.3. The number of carboxylic acids is 1. The largest absolute Gasteiger partial charge is 0.480 e. The summed E-state index contributed by atoms with van der Waals surface area (Å²) in [6.45, 7) is 1.87. The Morgan fingerprint density at radius 2 is 2.33 bits per heavy atom. The van der Waals surface area contributed by atoms with Crippen molar-refractivity contribution in [1.82, 2.24) is 15.0 Å². The van der Waals surface area contributed by atoms with Crippen LogP contribution < -0.4 is 5.73 Å². The van der Waals surface area contributed by atoms with Crippen LogP contribution in [0.2, 0.25) is 0 Å². The molecule has 1 unspecified atom stereocenters. The number of carboxylic acid groups (broad SMARTS) is 1. The van der Waals surface area contributed by atoms with Gasteiger partial charge in [0, 0.05) is 18.3 Å². The first-order valence-corrected chi connectivity index (χ1v) is 5.53. The fourth-order valence-electron chi connectivity index (χ4n) is 1.67. The van der Waals surface area contributed by atoms with Gasteiger partial charge < -0.3 is 15.8 Å². The maximum atomic E-state index is 10.7. The topological polar surface area (TPSA) is 105 Å². The van der Waals surface area contributed by atoms with E-state index >= 15 is 0 Å². The molecule has 4 N–H and O–H groups in total. The minimum atomic E-state index is -1.04. The summed E-state index contributed by atoms with van der Waals surface area (Å²) >= 11 is 0. The number of hydrogen-bond acceptors (Lipinski definition) is 4. The molecule has 0 bridgehead atoms.